The average molecular weight is 419 g/mol. The highest BCUT2D eigenvalue weighted by Gasteiger charge is 2.58. The lowest BCUT2D eigenvalue weighted by Crippen LogP contribution is -2.53. The molecule has 0 unspecified atom stereocenters. The number of hydrogen-bond donors (Lipinski definition) is 0. The zero-order valence-corrected chi connectivity index (χ0v) is 19.5. The molecule has 5 rings (SSSR count). The summed E-state index contributed by atoms with van der Waals surface area (Å²) >= 11 is 0. The molecule has 2 heteroatoms. The summed E-state index contributed by atoms with van der Waals surface area (Å²) in [6.07, 6.45) is 17.4. The second kappa shape index (κ2) is 7.94. The van der Waals surface area contributed by atoms with Crippen molar-refractivity contribution in [1.29, 1.82) is 0 Å². The smallest absolute Gasteiger partial charge is 0.302 e. The molecule has 7 atom stereocenters. The number of fused-ring (bicyclic) bond motifs is 5. The second-order valence-electron chi connectivity index (χ2n) is 11.3. The van der Waals surface area contributed by atoms with E-state index < -0.39 is 0 Å². The van der Waals surface area contributed by atoms with E-state index in [-0.39, 0.29) is 12.1 Å². The minimum atomic E-state index is -0.108. The highest BCUT2D eigenvalue weighted by atomic mass is 16.5. The van der Waals surface area contributed by atoms with Gasteiger partial charge in [-0.05, 0) is 97.0 Å². The molecule has 4 aliphatic rings. The van der Waals surface area contributed by atoms with Crippen molar-refractivity contribution in [2.24, 2.45) is 34.5 Å². The van der Waals surface area contributed by atoms with Crippen LogP contribution in [-0.4, -0.2) is 12.1 Å². The van der Waals surface area contributed by atoms with Crippen molar-refractivity contribution >= 4 is 12.0 Å². The maximum absolute atomic E-state index is 11.5. The maximum Gasteiger partial charge on any atom is 0.302 e. The molecular formula is C29H38O2. The second-order valence-corrected chi connectivity index (χ2v) is 11.3. The Bertz CT molecular complexity index is 883. The van der Waals surface area contributed by atoms with Crippen molar-refractivity contribution in [2.45, 2.75) is 78.2 Å². The predicted molar refractivity (Wildman–Crippen MR) is 126 cm³/mol. The fraction of sp³-hybridized carbons (Fsp3) is 0.621. The van der Waals surface area contributed by atoms with Gasteiger partial charge in [-0.25, -0.2) is 0 Å². The number of allylic oxidation sites excluding steroid dienone is 3. The quantitative estimate of drug-likeness (QED) is 0.485. The van der Waals surface area contributed by atoms with Gasteiger partial charge in [0.1, 0.15) is 6.10 Å². The maximum atomic E-state index is 11.5. The van der Waals surface area contributed by atoms with Crippen LogP contribution in [0.25, 0.3) is 6.08 Å². The first-order chi connectivity index (χ1) is 14.9. The van der Waals surface area contributed by atoms with E-state index in [1.54, 1.807) is 12.5 Å². The fourth-order valence-electron chi connectivity index (χ4n) is 8.17. The Morgan fingerprint density at radius 2 is 1.81 bits per heavy atom. The molecule has 0 amide bonds. The van der Waals surface area contributed by atoms with Gasteiger partial charge in [-0.3, -0.25) is 4.79 Å². The van der Waals surface area contributed by atoms with Crippen LogP contribution in [0.1, 0.15) is 77.7 Å². The van der Waals surface area contributed by atoms with Crippen LogP contribution < -0.4 is 0 Å². The molecule has 0 heterocycles. The van der Waals surface area contributed by atoms with E-state index in [4.69, 9.17) is 4.74 Å². The van der Waals surface area contributed by atoms with Gasteiger partial charge in [0.2, 0.25) is 0 Å². The SMILES string of the molecule is CC(=O)O[C@H]1CC[C@@]2(C)[C@H](CC[C@H]3[C@H]4CC=C(C=Cc5ccccc5)[C@]4(C)CC[C@@H]32)C1. The summed E-state index contributed by atoms with van der Waals surface area (Å²) in [5, 5.41) is 0. The van der Waals surface area contributed by atoms with E-state index in [9.17, 15) is 4.79 Å². The molecule has 0 saturated heterocycles. The number of carbonyl (C=O) groups is 1. The number of carbonyl (C=O) groups excluding carboxylic acids is 1. The minimum Gasteiger partial charge on any atom is -0.463 e. The van der Waals surface area contributed by atoms with Gasteiger partial charge in [0.15, 0.2) is 0 Å². The standard InChI is InChI=1S/C29H38O2/c1-20(30)31-24-15-17-29(3)23(19-24)11-13-25-26-14-12-22(28(26,2)18-16-27(25)29)10-9-21-7-5-4-6-8-21/h4-10,12,23-27H,11,13-19H2,1-3H3/t23-,24+,25+,26-,27+,28+,29+/m1/s1. The Balaban J connectivity index is 1.32. The van der Waals surface area contributed by atoms with E-state index >= 15 is 0 Å². The molecule has 0 bridgehead atoms. The van der Waals surface area contributed by atoms with Crippen LogP contribution in [0.5, 0.6) is 0 Å². The van der Waals surface area contributed by atoms with Crippen LogP contribution in [-0.2, 0) is 9.53 Å². The van der Waals surface area contributed by atoms with E-state index in [1.807, 2.05) is 0 Å². The molecule has 1 aromatic rings. The minimum absolute atomic E-state index is 0.108. The average Bonchev–Trinajstić information content (AvgIpc) is 3.09. The Kier molecular flexibility index (Phi) is 5.39. The lowest BCUT2D eigenvalue weighted by molar-refractivity contribution is -0.158. The Morgan fingerprint density at radius 1 is 1.00 bits per heavy atom. The van der Waals surface area contributed by atoms with Gasteiger partial charge >= 0.3 is 5.97 Å². The number of benzene rings is 1. The van der Waals surface area contributed by atoms with Crippen LogP contribution in [0.4, 0.5) is 0 Å². The molecule has 2 nitrogen and oxygen atoms in total. The lowest BCUT2D eigenvalue weighted by atomic mass is 9.44. The molecular weight excluding hydrogens is 380 g/mol. The van der Waals surface area contributed by atoms with Gasteiger partial charge in [-0.2, -0.15) is 0 Å². The summed E-state index contributed by atoms with van der Waals surface area (Å²) in [6.45, 7) is 6.69. The molecule has 1 aromatic carbocycles. The van der Waals surface area contributed by atoms with Crippen LogP contribution in [0.15, 0.2) is 48.1 Å². The van der Waals surface area contributed by atoms with Crippen molar-refractivity contribution in [3.8, 4) is 0 Å². The largest absolute Gasteiger partial charge is 0.463 e. The molecule has 31 heavy (non-hydrogen) atoms. The van der Waals surface area contributed by atoms with Crippen LogP contribution in [0.2, 0.25) is 0 Å². The third kappa shape index (κ3) is 3.60. The van der Waals surface area contributed by atoms with E-state index in [2.05, 4.69) is 62.4 Å². The first kappa shape index (κ1) is 21.0. The van der Waals surface area contributed by atoms with Gasteiger partial charge in [-0.15, -0.1) is 0 Å². The molecule has 4 aliphatic carbocycles. The van der Waals surface area contributed by atoms with Crippen molar-refractivity contribution < 1.29 is 9.53 Å². The Labute approximate surface area is 188 Å². The predicted octanol–water partition coefficient (Wildman–Crippen LogP) is 7.21. The molecule has 0 radical (unpaired) electrons. The molecule has 0 N–H and O–H groups in total. The third-order valence-corrected chi connectivity index (χ3v) is 9.85. The zero-order valence-electron chi connectivity index (χ0n) is 19.5. The summed E-state index contributed by atoms with van der Waals surface area (Å²) in [6, 6.07) is 10.7. The lowest BCUT2D eigenvalue weighted by Gasteiger charge is -2.60. The number of esters is 1. The van der Waals surface area contributed by atoms with Gasteiger partial charge in [0, 0.05) is 6.92 Å². The topological polar surface area (TPSA) is 26.3 Å². The van der Waals surface area contributed by atoms with Gasteiger partial charge in [-0.1, -0.05) is 62.4 Å². The Hall–Kier alpha value is -1.83. The first-order valence-corrected chi connectivity index (χ1v) is 12.5. The summed E-state index contributed by atoms with van der Waals surface area (Å²) < 4.78 is 5.63. The van der Waals surface area contributed by atoms with E-state index in [0.29, 0.717) is 10.8 Å². The fourth-order valence-corrected chi connectivity index (χ4v) is 8.17. The zero-order chi connectivity index (χ0) is 21.6. The monoisotopic (exact) mass is 418 g/mol. The molecule has 3 fully saturated rings. The summed E-state index contributed by atoms with van der Waals surface area (Å²) in [7, 11) is 0. The van der Waals surface area contributed by atoms with Crippen LogP contribution >= 0.6 is 0 Å². The highest BCUT2D eigenvalue weighted by Crippen LogP contribution is 2.66. The Morgan fingerprint density at radius 3 is 2.58 bits per heavy atom. The molecule has 3 saturated carbocycles. The number of ether oxygens (including phenoxy) is 1. The van der Waals surface area contributed by atoms with Crippen molar-refractivity contribution in [3.05, 3.63) is 53.6 Å². The molecule has 0 aliphatic heterocycles. The normalized spacial score (nSPS) is 41.8. The number of rotatable bonds is 3. The molecule has 0 spiro atoms. The summed E-state index contributed by atoms with van der Waals surface area (Å²) in [4.78, 5) is 11.5. The van der Waals surface area contributed by atoms with Gasteiger partial charge in [0.25, 0.3) is 0 Å². The van der Waals surface area contributed by atoms with E-state index in [1.165, 1.54) is 44.1 Å². The summed E-state index contributed by atoms with van der Waals surface area (Å²) in [5.41, 5.74) is 3.64. The highest BCUT2D eigenvalue weighted by molar-refractivity contribution is 5.66. The summed E-state index contributed by atoms with van der Waals surface area (Å²) in [5.74, 6) is 3.11. The number of hydrogen-bond acceptors (Lipinski definition) is 2. The first-order valence-electron chi connectivity index (χ1n) is 12.5. The van der Waals surface area contributed by atoms with Crippen molar-refractivity contribution in [1.82, 2.24) is 0 Å². The van der Waals surface area contributed by atoms with Gasteiger partial charge < -0.3 is 4.74 Å². The van der Waals surface area contributed by atoms with E-state index in [0.717, 1.165) is 36.5 Å². The third-order valence-electron chi connectivity index (χ3n) is 9.85. The van der Waals surface area contributed by atoms with Crippen molar-refractivity contribution in [2.75, 3.05) is 0 Å². The van der Waals surface area contributed by atoms with Crippen molar-refractivity contribution in [3.63, 3.8) is 0 Å². The van der Waals surface area contributed by atoms with Crippen LogP contribution in [0.3, 0.4) is 0 Å². The van der Waals surface area contributed by atoms with Gasteiger partial charge in [0.05, 0.1) is 0 Å². The molecule has 166 valence electrons. The molecule has 0 aromatic heterocycles. The van der Waals surface area contributed by atoms with Crippen LogP contribution in [0, 0.1) is 34.5 Å².